The van der Waals surface area contributed by atoms with Crippen LogP contribution >= 0.6 is 11.8 Å². The number of hydrogen-bond acceptors (Lipinski definition) is 3. The Bertz CT molecular complexity index is 608. The summed E-state index contributed by atoms with van der Waals surface area (Å²) in [6.45, 7) is 3.48. The van der Waals surface area contributed by atoms with Crippen LogP contribution in [0.3, 0.4) is 0 Å². The van der Waals surface area contributed by atoms with E-state index in [1.165, 1.54) is 10.8 Å². The Morgan fingerprint density at radius 1 is 1.10 bits per heavy atom. The molecule has 1 aliphatic rings. The molecule has 0 saturated carbocycles. The van der Waals surface area contributed by atoms with Crippen molar-refractivity contribution < 1.29 is 4.79 Å². The Morgan fingerprint density at radius 3 is 2.65 bits per heavy atom. The van der Waals surface area contributed by atoms with Crippen LogP contribution in [0.1, 0.15) is 0 Å². The topological polar surface area (TPSA) is 32.3 Å². The maximum atomic E-state index is 12.1. The van der Waals surface area contributed by atoms with Gasteiger partial charge in [0.05, 0.1) is 5.75 Å². The first-order valence-electron chi connectivity index (χ1n) is 6.93. The molecule has 1 saturated heterocycles. The van der Waals surface area contributed by atoms with Gasteiger partial charge in [-0.3, -0.25) is 4.79 Å². The zero-order valence-corrected chi connectivity index (χ0v) is 12.2. The number of thioether (sulfide) groups is 1. The van der Waals surface area contributed by atoms with Crippen LogP contribution in [0, 0.1) is 0 Å². The lowest BCUT2D eigenvalue weighted by Crippen LogP contribution is -2.47. The van der Waals surface area contributed by atoms with Gasteiger partial charge >= 0.3 is 0 Å². The van der Waals surface area contributed by atoms with Crippen molar-refractivity contribution in [3.63, 3.8) is 0 Å². The van der Waals surface area contributed by atoms with Crippen LogP contribution in [0.4, 0.5) is 0 Å². The number of nitrogens with one attached hydrogen (secondary N) is 1. The highest BCUT2D eigenvalue weighted by Gasteiger charge is 2.15. The van der Waals surface area contributed by atoms with Crippen LogP contribution in [-0.2, 0) is 4.79 Å². The van der Waals surface area contributed by atoms with Crippen LogP contribution in [0.2, 0.25) is 0 Å². The van der Waals surface area contributed by atoms with Gasteiger partial charge in [0.15, 0.2) is 0 Å². The lowest BCUT2D eigenvalue weighted by molar-refractivity contribution is -0.128. The third-order valence-corrected chi connectivity index (χ3v) is 4.53. The molecule has 0 unspecified atom stereocenters. The first kappa shape index (κ1) is 13.5. The molecular formula is C16H18N2OS. The largest absolute Gasteiger partial charge is 0.339 e. The Balaban J connectivity index is 1.62. The first-order valence-corrected chi connectivity index (χ1v) is 7.91. The molecule has 0 radical (unpaired) electrons. The highest BCUT2D eigenvalue weighted by atomic mass is 32.2. The Labute approximate surface area is 123 Å². The van der Waals surface area contributed by atoms with Crippen LogP contribution < -0.4 is 5.32 Å². The van der Waals surface area contributed by atoms with Gasteiger partial charge in [-0.2, -0.15) is 0 Å². The average molecular weight is 286 g/mol. The van der Waals surface area contributed by atoms with E-state index in [0.717, 1.165) is 31.1 Å². The number of carbonyl (C=O) groups excluding carboxylic acids is 1. The molecule has 0 atom stereocenters. The lowest BCUT2D eigenvalue weighted by atomic mass is 10.1. The van der Waals surface area contributed by atoms with E-state index in [9.17, 15) is 4.79 Å². The van der Waals surface area contributed by atoms with Crippen LogP contribution in [-0.4, -0.2) is 42.7 Å². The minimum atomic E-state index is 0.240. The molecule has 3 rings (SSSR count). The molecule has 4 heteroatoms. The highest BCUT2D eigenvalue weighted by Crippen LogP contribution is 2.23. The monoisotopic (exact) mass is 286 g/mol. The number of rotatable bonds is 3. The minimum absolute atomic E-state index is 0.240. The number of piperazine rings is 1. The average Bonchev–Trinajstić information content (AvgIpc) is 2.53. The molecule has 20 heavy (non-hydrogen) atoms. The second kappa shape index (κ2) is 6.29. The number of benzene rings is 2. The molecule has 2 aromatic carbocycles. The maximum absolute atomic E-state index is 12.1. The Hall–Kier alpha value is -1.52. The zero-order valence-electron chi connectivity index (χ0n) is 11.3. The van der Waals surface area contributed by atoms with Crippen molar-refractivity contribution in [1.29, 1.82) is 0 Å². The quantitative estimate of drug-likeness (QED) is 0.879. The first-order chi connectivity index (χ1) is 9.83. The predicted molar refractivity (Wildman–Crippen MR) is 84.1 cm³/mol. The third kappa shape index (κ3) is 3.14. The zero-order chi connectivity index (χ0) is 13.8. The predicted octanol–water partition coefficient (Wildman–Crippen LogP) is 2.36. The molecule has 1 amide bonds. The van der Waals surface area contributed by atoms with E-state index in [2.05, 4.69) is 35.6 Å². The lowest BCUT2D eigenvalue weighted by Gasteiger charge is -2.27. The number of amides is 1. The van der Waals surface area contributed by atoms with Gasteiger partial charge in [-0.05, 0) is 22.9 Å². The smallest absolute Gasteiger partial charge is 0.233 e. The van der Waals surface area contributed by atoms with Crippen LogP contribution in [0.25, 0.3) is 10.8 Å². The van der Waals surface area contributed by atoms with E-state index in [1.54, 1.807) is 11.8 Å². The number of carbonyl (C=O) groups is 1. The van der Waals surface area contributed by atoms with Crippen molar-refractivity contribution in [3.8, 4) is 0 Å². The molecule has 1 N–H and O–H groups in total. The van der Waals surface area contributed by atoms with Crippen LogP contribution in [0.5, 0.6) is 0 Å². The summed E-state index contributed by atoms with van der Waals surface area (Å²) in [5.41, 5.74) is 0. The summed E-state index contributed by atoms with van der Waals surface area (Å²) >= 11 is 1.63. The SMILES string of the molecule is O=C(CSc1ccc2ccccc2c1)N1CCNCC1. The van der Waals surface area contributed by atoms with Gasteiger partial charge in [0, 0.05) is 31.1 Å². The van der Waals surface area contributed by atoms with Gasteiger partial charge in [0.1, 0.15) is 0 Å². The van der Waals surface area contributed by atoms with Crippen molar-refractivity contribution in [2.75, 3.05) is 31.9 Å². The Kier molecular flexibility index (Phi) is 4.23. The van der Waals surface area contributed by atoms with Crippen molar-refractivity contribution in [3.05, 3.63) is 42.5 Å². The van der Waals surface area contributed by atoms with Gasteiger partial charge in [-0.25, -0.2) is 0 Å². The minimum Gasteiger partial charge on any atom is -0.339 e. The highest BCUT2D eigenvalue weighted by molar-refractivity contribution is 8.00. The van der Waals surface area contributed by atoms with Gasteiger partial charge in [-0.15, -0.1) is 11.8 Å². The van der Waals surface area contributed by atoms with E-state index in [0.29, 0.717) is 5.75 Å². The summed E-state index contributed by atoms with van der Waals surface area (Å²) in [6, 6.07) is 14.7. The van der Waals surface area contributed by atoms with Gasteiger partial charge in [0.25, 0.3) is 0 Å². The molecule has 3 nitrogen and oxygen atoms in total. The van der Waals surface area contributed by atoms with Crippen molar-refractivity contribution >= 4 is 28.4 Å². The van der Waals surface area contributed by atoms with E-state index in [1.807, 2.05) is 17.0 Å². The van der Waals surface area contributed by atoms with Gasteiger partial charge < -0.3 is 10.2 Å². The fourth-order valence-corrected chi connectivity index (χ4v) is 3.26. The summed E-state index contributed by atoms with van der Waals surface area (Å²) in [6.07, 6.45) is 0. The van der Waals surface area contributed by atoms with Gasteiger partial charge in [-0.1, -0.05) is 30.3 Å². The third-order valence-electron chi connectivity index (χ3n) is 3.55. The maximum Gasteiger partial charge on any atom is 0.233 e. The fourth-order valence-electron chi connectivity index (χ4n) is 2.41. The normalized spacial score (nSPS) is 15.5. The molecule has 0 spiro atoms. The molecule has 104 valence electrons. The van der Waals surface area contributed by atoms with E-state index >= 15 is 0 Å². The summed E-state index contributed by atoms with van der Waals surface area (Å²) in [5, 5.41) is 5.73. The molecule has 1 fully saturated rings. The van der Waals surface area contributed by atoms with Gasteiger partial charge in [0.2, 0.25) is 5.91 Å². The molecule has 1 heterocycles. The molecular weight excluding hydrogens is 268 g/mol. The second-order valence-electron chi connectivity index (χ2n) is 4.93. The van der Waals surface area contributed by atoms with E-state index in [-0.39, 0.29) is 5.91 Å². The Morgan fingerprint density at radius 2 is 1.85 bits per heavy atom. The van der Waals surface area contributed by atoms with Crippen molar-refractivity contribution in [1.82, 2.24) is 10.2 Å². The summed E-state index contributed by atoms with van der Waals surface area (Å²) in [4.78, 5) is 15.2. The molecule has 0 aliphatic carbocycles. The molecule has 0 bridgehead atoms. The van der Waals surface area contributed by atoms with Crippen molar-refractivity contribution in [2.45, 2.75) is 4.90 Å². The standard InChI is InChI=1S/C16H18N2OS/c19-16(18-9-7-17-8-10-18)12-20-15-6-5-13-3-1-2-4-14(13)11-15/h1-6,11,17H,7-10,12H2. The summed E-state index contributed by atoms with van der Waals surface area (Å²) < 4.78 is 0. The van der Waals surface area contributed by atoms with E-state index in [4.69, 9.17) is 0 Å². The number of fused-ring (bicyclic) bond motifs is 1. The number of nitrogens with zero attached hydrogens (tertiary/aromatic N) is 1. The molecule has 2 aromatic rings. The summed E-state index contributed by atoms with van der Waals surface area (Å²) in [5.74, 6) is 0.767. The summed E-state index contributed by atoms with van der Waals surface area (Å²) in [7, 11) is 0. The number of hydrogen-bond donors (Lipinski definition) is 1. The fraction of sp³-hybridized carbons (Fsp3) is 0.312. The van der Waals surface area contributed by atoms with Crippen LogP contribution in [0.15, 0.2) is 47.4 Å². The second-order valence-corrected chi connectivity index (χ2v) is 5.98. The molecule has 1 aliphatic heterocycles. The van der Waals surface area contributed by atoms with Crippen molar-refractivity contribution in [2.24, 2.45) is 0 Å². The molecule has 0 aromatic heterocycles. The van der Waals surface area contributed by atoms with E-state index < -0.39 is 0 Å².